The van der Waals surface area contributed by atoms with Gasteiger partial charge in [0.15, 0.2) is 11.6 Å². The Balaban J connectivity index is 0.00000341. The number of benzene rings is 1. The van der Waals surface area contributed by atoms with Gasteiger partial charge in [0.1, 0.15) is 5.82 Å². The third-order valence-corrected chi connectivity index (χ3v) is 4.62. The molecule has 9 heteroatoms. The zero-order chi connectivity index (χ0) is 21.3. The molecule has 31 heavy (non-hydrogen) atoms. The molecule has 0 aliphatic heterocycles. The van der Waals surface area contributed by atoms with E-state index in [1.165, 1.54) is 0 Å². The quantitative estimate of drug-likeness (QED) is 0.263. The highest BCUT2D eigenvalue weighted by Gasteiger charge is 2.08. The van der Waals surface area contributed by atoms with Crippen LogP contribution in [0, 0.1) is 0 Å². The number of carbonyl (C=O) groups is 1. The summed E-state index contributed by atoms with van der Waals surface area (Å²) in [5, 5.41) is 15.0. The molecule has 0 bridgehead atoms. The molecule has 0 aliphatic carbocycles. The van der Waals surface area contributed by atoms with Crippen molar-refractivity contribution in [2.75, 3.05) is 33.7 Å². The molecular formula is C22H30IN7O. The monoisotopic (exact) mass is 535 g/mol. The standard InChI is InChI=1S/C22H29N7O.HI/c1-4-23-22(25-14-12-20-27-26-19-10-5-6-15-29(19)20)24-13-11-17-8-7-9-18(16-17)21(30)28(2)3;/h5-10,15-16H,4,11-14H2,1-3H3,(H2,23,24,25);1H. The second-order valence-electron chi connectivity index (χ2n) is 7.13. The molecule has 166 valence electrons. The molecule has 0 spiro atoms. The molecular weight excluding hydrogens is 505 g/mol. The molecule has 0 aliphatic rings. The number of nitrogens with one attached hydrogen (secondary N) is 2. The number of hydrogen-bond donors (Lipinski definition) is 2. The van der Waals surface area contributed by atoms with Crippen molar-refractivity contribution in [3.05, 3.63) is 65.6 Å². The summed E-state index contributed by atoms with van der Waals surface area (Å²) in [5.41, 5.74) is 2.66. The van der Waals surface area contributed by atoms with Crippen LogP contribution < -0.4 is 10.6 Å². The van der Waals surface area contributed by atoms with Crippen LogP contribution in [-0.2, 0) is 12.8 Å². The second-order valence-corrected chi connectivity index (χ2v) is 7.13. The van der Waals surface area contributed by atoms with Crippen LogP contribution in [0.5, 0.6) is 0 Å². The first-order valence-electron chi connectivity index (χ1n) is 10.2. The van der Waals surface area contributed by atoms with Crippen molar-refractivity contribution in [1.82, 2.24) is 30.1 Å². The average molecular weight is 535 g/mol. The predicted molar refractivity (Wildman–Crippen MR) is 134 cm³/mol. The van der Waals surface area contributed by atoms with Gasteiger partial charge in [-0.3, -0.25) is 14.2 Å². The number of nitrogens with zero attached hydrogens (tertiary/aromatic N) is 5. The SMILES string of the molecule is CCNC(=NCCc1nnc2ccccn12)NCCc1cccc(C(=O)N(C)C)c1.I. The van der Waals surface area contributed by atoms with Crippen LogP contribution in [0.2, 0.25) is 0 Å². The van der Waals surface area contributed by atoms with Crippen LogP contribution in [-0.4, -0.2) is 65.1 Å². The number of fused-ring (bicyclic) bond motifs is 1. The minimum atomic E-state index is 0. The Hall–Kier alpha value is -2.69. The highest BCUT2D eigenvalue weighted by atomic mass is 127. The number of aromatic nitrogens is 3. The number of hydrogen-bond acceptors (Lipinski definition) is 4. The third-order valence-electron chi connectivity index (χ3n) is 4.62. The maximum Gasteiger partial charge on any atom is 0.253 e. The molecule has 2 heterocycles. The minimum absolute atomic E-state index is 0. The van der Waals surface area contributed by atoms with Gasteiger partial charge < -0.3 is 15.5 Å². The van der Waals surface area contributed by atoms with E-state index in [9.17, 15) is 4.79 Å². The first kappa shape index (κ1) is 24.6. The molecule has 0 saturated carbocycles. The van der Waals surface area contributed by atoms with Crippen molar-refractivity contribution in [2.45, 2.75) is 19.8 Å². The Morgan fingerprint density at radius 1 is 1.10 bits per heavy atom. The van der Waals surface area contributed by atoms with Gasteiger partial charge in [-0.2, -0.15) is 0 Å². The molecule has 1 aromatic carbocycles. The Labute approximate surface area is 200 Å². The molecule has 3 aromatic rings. The fraction of sp³-hybridized carbons (Fsp3) is 0.364. The van der Waals surface area contributed by atoms with Gasteiger partial charge in [-0.1, -0.05) is 18.2 Å². The molecule has 0 atom stereocenters. The number of amides is 1. The van der Waals surface area contributed by atoms with E-state index in [0.717, 1.165) is 42.5 Å². The predicted octanol–water partition coefficient (Wildman–Crippen LogP) is 2.39. The lowest BCUT2D eigenvalue weighted by Crippen LogP contribution is -2.38. The van der Waals surface area contributed by atoms with E-state index < -0.39 is 0 Å². The topological polar surface area (TPSA) is 86.9 Å². The maximum atomic E-state index is 12.1. The first-order valence-corrected chi connectivity index (χ1v) is 10.2. The zero-order valence-electron chi connectivity index (χ0n) is 18.2. The Morgan fingerprint density at radius 2 is 1.94 bits per heavy atom. The Kier molecular flexibility index (Phi) is 9.70. The molecule has 1 amide bonds. The van der Waals surface area contributed by atoms with Crippen molar-refractivity contribution in [1.29, 1.82) is 0 Å². The fourth-order valence-electron chi connectivity index (χ4n) is 3.11. The summed E-state index contributed by atoms with van der Waals surface area (Å²) in [6.07, 6.45) is 3.47. The van der Waals surface area contributed by atoms with Crippen LogP contribution in [0.3, 0.4) is 0 Å². The highest BCUT2D eigenvalue weighted by molar-refractivity contribution is 14.0. The maximum absolute atomic E-state index is 12.1. The van der Waals surface area contributed by atoms with E-state index in [-0.39, 0.29) is 29.9 Å². The third kappa shape index (κ3) is 6.91. The summed E-state index contributed by atoms with van der Waals surface area (Å²) in [5.74, 6) is 1.68. The van der Waals surface area contributed by atoms with Gasteiger partial charge >= 0.3 is 0 Å². The van der Waals surface area contributed by atoms with Crippen LogP contribution in [0.15, 0.2) is 53.7 Å². The number of guanidine groups is 1. The summed E-state index contributed by atoms with van der Waals surface area (Å²) < 4.78 is 1.98. The van der Waals surface area contributed by atoms with Crippen LogP contribution in [0.25, 0.3) is 5.65 Å². The summed E-state index contributed by atoms with van der Waals surface area (Å²) in [6.45, 7) is 4.16. The van der Waals surface area contributed by atoms with Gasteiger partial charge in [-0.25, -0.2) is 0 Å². The van der Waals surface area contributed by atoms with E-state index in [4.69, 9.17) is 0 Å². The van der Waals surface area contributed by atoms with E-state index >= 15 is 0 Å². The molecule has 0 unspecified atom stereocenters. The summed E-state index contributed by atoms with van der Waals surface area (Å²) >= 11 is 0. The second kappa shape index (κ2) is 12.2. The molecule has 2 N–H and O–H groups in total. The van der Waals surface area contributed by atoms with Crippen LogP contribution in [0.4, 0.5) is 0 Å². The van der Waals surface area contributed by atoms with E-state index in [1.807, 2.05) is 60.0 Å². The summed E-state index contributed by atoms with van der Waals surface area (Å²) in [6, 6.07) is 13.6. The molecule has 8 nitrogen and oxygen atoms in total. The zero-order valence-corrected chi connectivity index (χ0v) is 20.5. The van der Waals surface area contributed by atoms with E-state index in [1.54, 1.807) is 19.0 Å². The van der Waals surface area contributed by atoms with E-state index in [2.05, 4.69) is 25.8 Å². The van der Waals surface area contributed by atoms with Crippen LogP contribution in [0.1, 0.15) is 28.7 Å². The van der Waals surface area contributed by atoms with Gasteiger partial charge in [-0.15, -0.1) is 34.2 Å². The molecule has 0 fully saturated rings. The average Bonchev–Trinajstić information content (AvgIpc) is 3.16. The summed E-state index contributed by atoms with van der Waals surface area (Å²) in [4.78, 5) is 18.4. The molecule has 3 rings (SSSR count). The summed E-state index contributed by atoms with van der Waals surface area (Å²) in [7, 11) is 3.52. The Morgan fingerprint density at radius 3 is 2.71 bits per heavy atom. The number of aliphatic imine (C=N–C) groups is 1. The van der Waals surface area contributed by atoms with Gasteiger partial charge in [0.25, 0.3) is 5.91 Å². The van der Waals surface area contributed by atoms with Crippen molar-refractivity contribution in [2.24, 2.45) is 4.99 Å². The van der Waals surface area contributed by atoms with Crippen LogP contribution >= 0.6 is 24.0 Å². The smallest absolute Gasteiger partial charge is 0.253 e. The number of rotatable bonds is 8. The fourth-order valence-corrected chi connectivity index (χ4v) is 3.11. The van der Waals surface area contributed by atoms with Gasteiger partial charge in [0.05, 0.1) is 0 Å². The number of pyridine rings is 1. The van der Waals surface area contributed by atoms with Gasteiger partial charge in [-0.05, 0) is 43.2 Å². The lowest BCUT2D eigenvalue weighted by molar-refractivity contribution is 0.0827. The highest BCUT2D eigenvalue weighted by Crippen LogP contribution is 2.08. The van der Waals surface area contributed by atoms with Crippen molar-refractivity contribution in [3.8, 4) is 0 Å². The number of carbonyl (C=O) groups excluding carboxylic acids is 1. The molecule has 0 radical (unpaired) electrons. The lowest BCUT2D eigenvalue weighted by atomic mass is 10.1. The van der Waals surface area contributed by atoms with Crippen molar-refractivity contribution >= 4 is 41.5 Å². The van der Waals surface area contributed by atoms with Gasteiger partial charge in [0, 0.05) is 51.9 Å². The minimum Gasteiger partial charge on any atom is -0.357 e. The largest absolute Gasteiger partial charge is 0.357 e. The van der Waals surface area contributed by atoms with Crippen molar-refractivity contribution in [3.63, 3.8) is 0 Å². The molecule has 0 saturated heterocycles. The Bertz CT molecular complexity index is 1020. The lowest BCUT2D eigenvalue weighted by Gasteiger charge is -2.13. The van der Waals surface area contributed by atoms with Crippen molar-refractivity contribution < 1.29 is 4.79 Å². The van der Waals surface area contributed by atoms with Gasteiger partial charge in [0.2, 0.25) is 0 Å². The normalized spacial score (nSPS) is 11.1. The van der Waals surface area contributed by atoms with E-state index in [0.29, 0.717) is 18.5 Å². The molecule has 2 aromatic heterocycles. The first-order chi connectivity index (χ1) is 14.6. The number of halogens is 1.